The first-order valence-corrected chi connectivity index (χ1v) is 8.98. The van der Waals surface area contributed by atoms with Crippen LogP contribution in [0, 0.1) is 11.8 Å². The van der Waals surface area contributed by atoms with Crippen LogP contribution < -0.4 is 5.32 Å². The van der Waals surface area contributed by atoms with Gasteiger partial charge < -0.3 is 5.32 Å². The van der Waals surface area contributed by atoms with Gasteiger partial charge in [0.15, 0.2) is 9.84 Å². The molecule has 0 saturated carbocycles. The number of rotatable bonds is 2. The van der Waals surface area contributed by atoms with Crippen LogP contribution in [0.25, 0.3) is 0 Å². The van der Waals surface area contributed by atoms with Gasteiger partial charge in [-0.2, -0.15) is 0 Å². The number of sulfone groups is 1. The molecule has 120 valence electrons. The van der Waals surface area contributed by atoms with E-state index < -0.39 is 15.9 Å². The molecule has 1 aliphatic heterocycles. The highest BCUT2D eigenvalue weighted by molar-refractivity contribution is 7.94. The monoisotopic (exact) mass is 338 g/mol. The van der Waals surface area contributed by atoms with Gasteiger partial charge in [-0.15, -0.1) is 0 Å². The largest absolute Gasteiger partial charge is 0.345 e. The van der Waals surface area contributed by atoms with E-state index in [-0.39, 0.29) is 11.7 Å². The Morgan fingerprint density at radius 1 is 1.12 bits per heavy atom. The highest BCUT2D eigenvalue weighted by atomic mass is 32.2. The molecular weight excluding hydrogens is 324 g/mol. The molecule has 0 saturated heterocycles. The fourth-order valence-electron chi connectivity index (χ4n) is 2.18. The number of hydrogen-bond donors (Lipinski definition) is 1. The number of pyridine rings is 1. The minimum Gasteiger partial charge on any atom is -0.345 e. The van der Waals surface area contributed by atoms with E-state index in [1.165, 1.54) is 12.3 Å². The molecule has 0 aliphatic carbocycles. The normalized spacial score (nSPS) is 17.8. The first-order valence-electron chi connectivity index (χ1n) is 7.27. The van der Waals surface area contributed by atoms with Gasteiger partial charge >= 0.3 is 0 Å². The Kier molecular flexibility index (Phi) is 4.45. The summed E-state index contributed by atoms with van der Waals surface area (Å²) >= 11 is 0. The molecule has 1 aromatic heterocycles. The Labute approximate surface area is 140 Å². The van der Waals surface area contributed by atoms with Gasteiger partial charge in [-0.3, -0.25) is 4.79 Å². The second-order valence-electron chi connectivity index (χ2n) is 5.29. The lowest BCUT2D eigenvalue weighted by Crippen LogP contribution is -2.35. The molecule has 0 fully saturated rings. The van der Waals surface area contributed by atoms with Crippen LogP contribution in [0.2, 0.25) is 0 Å². The molecule has 5 nitrogen and oxygen atoms in total. The number of nitrogens with one attached hydrogen (secondary N) is 1. The summed E-state index contributed by atoms with van der Waals surface area (Å²) in [5, 5.41) is 3.77. The Bertz CT molecular complexity index is 937. The fraction of sp³-hybridized carbons (Fsp3) is 0.111. The van der Waals surface area contributed by atoms with E-state index in [9.17, 15) is 13.2 Å². The zero-order chi connectivity index (χ0) is 17.0. The van der Waals surface area contributed by atoms with Crippen molar-refractivity contribution in [3.8, 4) is 11.8 Å². The number of nitrogens with zero attached hydrogens (tertiary/aromatic N) is 1. The van der Waals surface area contributed by atoms with Crippen LogP contribution in [-0.4, -0.2) is 31.1 Å². The van der Waals surface area contributed by atoms with Crippen molar-refractivity contribution in [3.63, 3.8) is 0 Å². The van der Waals surface area contributed by atoms with Crippen molar-refractivity contribution in [1.82, 2.24) is 10.3 Å². The van der Waals surface area contributed by atoms with Crippen molar-refractivity contribution in [3.05, 3.63) is 77.0 Å². The maximum Gasteiger partial charge on any atom is 0.253 e. The average Bonchev–Trinajstić information content (AvgIpc) is 2.93. The summed E-state index contributed by atoms with van der Waals surface area (Å²) in [5.41, 5.74) is 1.80. The third kappa shape index (κ3) is 4.09. The van der Waals surface area contributed by atoms with E-state index in [0.29, 0.717) is 11.3 Å². The lowest BCUT2D eigenvalue weighted by molar-refractivity contribution is 0.0947. The molecule has 1 aliphatic rings. The molecule has 0 radical (unpaired) electrons. The zero-order valence-electron chi connectivity index (χ0n) is 12.6. The molecule has 1 aromatic carbocycles. The van der Waals surface area contributed by atoms with Crippen molar-refractivity contribution in [2.75, 3.05) is 5.75 Å². The van der Waals surface area contributed by atoms with Crippen LogP contribution in [0.15, 0.2) is 60.1 Å². The molecule has 3 rings (SSSR count). The quantitative estimate of drug-likeness (QED) is 0.843. The molecule has 24 heavy (non-hydrogen) atoms. The van der Waals surface area contributed by atoms with Crippen molar-refractivity contribution in [1.29, 1.82) is 0 Å². The second kappa shape index (κ2) is 6.69. The predicted molar refractivity (Wildman–Crippen MR) is 90.8 cm³/mol. The standard InChI is InChI=1S/C18H14N2O3S/c21-18(20-17-10-11-24(22,23)13-17)15-7-9-16(19-12-15)8-6-14-4-2-1-3-5-14/h1-5,7,9-12,17H,13H2,(H,20,21). The summed E-state index contributed by atoms with van der Waals surface area (Å²) < 4.78 is 22.7. The summed E-state index contributed by atoms with van der Waals surface area (Å²) in [6, 6.07) is 12.3. The first-order chi connectivity index (χ1) is 11.5. The van der Waals surface area contributed by atoms with Crippen LogP contribution in [-0.2, 0) is 9.84 Å². The summed E-state index contributed by atoms with van der Waals surface area (Å²) in [5.74, 6) is 5.45. The van der Waals surface area contributed by atoms with Crippen LogP contribution in [0.3, 0.4) is 0 Å². The topological polar surface area (TPSA) is 76.1 Å². The highest BCUT2D eigenvalue weighted by Crippen LogP contribution is 2.09. The maximum atomic E-state index is 12.1. The lowest BCUT2D eigenvalue weighted by Gasteiger charge is -2.09. The van der Waals surface area contributed by atoms with E-state index in [1.807, 2.05) is 30.3 Å². The molecular formula is C18H14N2O3S. The number of benzene rings is 1. The van der Waals surface area contributed by atoms with E-state index in [1.54, 1.807) is 12.1 Å². The minimum atomic E-state index is -3.19. The van der Waals surface area contributed by atoms with Crippen LogP contribution in [0.5, 0.6) is 0 Å². The Morgan fingerprint density at radius 3 is 2.54 bits per heavy atom. The van der Waals surface area contributed by atoms with Crippen LogP contribution in [0.4, 0.5) is 0 Å². The summed E-state index contributed by atoms with van der Waals surface area (Å²) in [6.45, 7) is 0. The van der Waals surface area contributed by atoms with Crippen molar-refractivity contribution < 1.29 is 13.2 Å². The summed E-state index contributed by atoms with van der Waals surface area (Å²) in [6.07, 6.45) is 2.90. The van der Waals surface area contributed by atoms with Crippen LogP contribution in [0.1, 0.15) is 21.6 Å². The SMILES string of the molecule is O=C(NC1C=CS(=O)(=O)C1)c1ccc(C#Cc2ccccc2)nc1. The Balaban J connectivity index is 1.65. The second-order valence-corrected chi connectivity index (χ2v) is 7.22. The fourth-order valence-corrected chi connectivity index (χ4v) is 3.41. The summed E-state index contributed by atoms with van der Waals surface area (Å²) in [7, 11) is -3.19. The Hall–Kier alpha value is -2.91. The minimum absolute atomic E-state index is 0.104. The molecule has 0 spiro atoms. The van der Waals surface area contributed by atoms with Gasteiger partial charge in [-0.05, 0) is 36.3 Å². The van der Waals surface area contributed by atoms with Gasteiger partial charge in [0.25, 0.3) is 5.91 Å². The molecule has 1 atom stereocenters. The van der Waals surface area contributed by atoms with Gasteiger partial charge in [0.1, 0.15) is 5.69 Å². The van der Waals surface area contributed by atoms with Gasteiger partial charge in [0.05, 0.1) is 17.4 Å². The number of aromatic nitrogens is 1. The maximum absolute atomic E-state index is 12.1. The van der Waals surface area contributed by atoms with E-state index in [0.717, 1.165) is 11.0 Å². The first kappa shape index (κ1) is 16.0. The number of carbonyl (C=O) groups excluding carboxylic acids is 1. The van der Waals surface area contributed by atoms with Gasteiger partial charge in [0, 0.05) is 17.2 Å². The molecule has 0 bridgehead atoms. The third-order valence-corrected chi connectivity index (χ3v) is 4.78. The molecule has 2 heterocycles. The van der Waals surface area contributed by atoms with Crippen molar-refractivity contribution in [2.45, 2.75) is 6.04 Å². The highest BCUT2D eigenvalue weighted by Gasteiger charge is 2.23. The lowest BCUT2D eigenvalue weighted by atomic mass is 10.2. The third-order valence-electron chi connectivity index (χ3n) is 3.38. The zero-order valence-corrected chi connectivity index (χ0v) is 13.5. The van der Waals surface area contributed by atoms with Gasteiger partial charge in [0.2, 0.25) is 0 Å². The molecule has 2 aromatic rings. The van der Waals surface area contributed by atoms with E-state index in [2.05, 4.69) is 22.1 Å². The molecule has 1 N–H and O–H groups in total. The molecule has 1 unspecified atom stereocenters. The van der Waals surface area contributed by atoms with E-state index >= 15 is 0 Å². The number of carbonyl (C=O) groups is 1. The van der Waals surface area contributed by atoms with Crippen molar-refractivity contribution in [2.24, 2.45) is 0 Å². The molecule has 6 heteroatoms. The number of amides is 1. The number of hydrogen-bond acceptors (Lipinski definition) is 4. The average molecular weight is 338 g/mol. The van der Waals surface area contributed by atoms with Crippen LogP contribution >= 0.6 is 0 Å². The van der Waals surface area contributed by atoms with Gasteiger partial charge in [-0.25, -0.2) is 13.4 Å². The van der Waals surface area contributed by atoms with Crippen molar-refractivity contribution >= 4 is 15.7 Å². The predicted octanol–water partition coefficient (Wildman–Crippen LogP) is 1.52. The Morgan fingerprint density at radius 2 is 1.92 bits per heavy atom. The van der Waals surface area contributed by atoms with E-state index in [4.69, 9.17) is 0 Å². The molecule has 1 amide bonds. The smallest absolute Gasteiger partial charge is 0.253 e. The summed E-state index contributed by atoms with van der Waals surface area (Å²) in [4.78, 5) is 16.2. The van der Waals surface area contributed by atoms with Gasteiger partial charge in [-0.1, -0.05) is 24.1 Å².